The summed E-state index contributed by atoms with van der Waals surface area (Å²) < 4.78 is 10.7. The molecule has 8 nitrogen and oxygen atoms in total. The number of halogens is 1. The number of benzene rings is 4. The van der Waals surface area contributed by atoms with Gasteiger partial charge in [0.15, 0.2) is 0 Å². The van der Waals surface area contributed by atoms with Crippen LogP contribution < -0.4 is 20.2 Å². The maximum absolute atomic E-state index is 12.7. The summed E-state index contributed by atoms with van der Waals surface area (Å²) in [6.45, 7) is -0.282. The van der Waals surface area contributed by atoms with Crippen molar-refractivity contribution in [3.63, 3.8) is 0 Å². The van der Waals surface area contributed by atoms with Gasteiger partial charge in [-0.25, -0.2) is 10.2 Å². The number of hydrogen-bond donors (Lipinski definition) is 2. The van der Waals surface area contributed by atoms with E-state index in [4.69, 9.17) is 21.1 Å². The molecule has 2 amide bonds. The fourth-order valence-corrected chi connectivity index (χ4v) is 3.58. The van der Waals surface area contributed by atoms with Crippen molar-refractivity contribution >= 4 is 46.4 Å². The molecule has 0 aliphatic carbocycles. The molecule has 37 heavy (non-hydrogen) atoms. The zero-order chi connectivity index (χ0) is 26.2. The standard InChI is InChI=1S/C28H22ClN3O5/c1-36-22-13-8-19(9-14-22)27(34)30-17-26(33)32-31-16-24-23-5-3-2-4-18(23)10-15-25(24)37-28(35)20-6-11-21(29)12-7-20/h2-16H,17H2,1H3,(H,30,34)(H,32,33)/b31-16-. The van der Waals surface area contributed by atoms with Gasteiger partial charge in [-0.05, 0) is 65.4 Å². The van der Waals surface area contributed by atoms with Gasteiger partial charge in [-0.3, -0.25) is 9.59 Å². The predicted octanol–water partition coefficient (Wildman–Crippen LogP) is 4.60. The molecule has 0 aromatic heterocycles. The summed E-state index contributed by atoms with van der Waals surface area (Å²) in [6.07, 6.45) is 1.40. The Morgan fingerprint density at radius 2 is 1.59 bits per heavy atom. The number of methoxy groups -OCH3 is 1. The lowest BCUT2D eigenvalue weighted by Crippen LogP contribution is -2.34. The number of esters is 1. The van der Waals surface area contributed by atoms with E-state index in [1.54, 1.807) is 54.6 Å². The largest absolute Gasteiger partial charge is 0.497 e. The van der Waals surface area contributed by atoms with Crippen LogP contribution in [0, 0.1) is 0 Å². The highest BCUT2D eigenvalue weighted by molar-refractivity contribution is 6.30. The van der Waals surface area contributed by atoms with Crippen LogP contribution in [0.3, 0.4) is 0 Å². The molecule has 0 saturated carbocycles. The molecule has 9 heteroatoms. The topological polar surface area (TPSA) is 106 Å². The van der Waals surface area contributed by atoms with E-state index in [1.807, 2.05) is 30.3 Å². The number of hydrazone groups is 1. The van der Waals surface area contributed by atoms with Crippen molar-refractivity contribution in [3.8, 4) is 11.5 Å². The van der Waals surface area contributed by atoms with Crippen LogP contribution in [0.1, 0.15) is 26.3 Å². The zero-order valence-electron chi connectivity index (χ0n) is 19.7. The number of fused-ring (bicyclic) bond motifs is 1. The highest BCUT2D eigenvalue weighted by atomic mass is 35.5. The van der Waals surface area contributed by atoms with E-state index in [-0.39, 0.29) is 12.3 Å². The first-order valence-corrected chi connectivity index (χ1v) is 11.6. The third-order valence-electron chi connectivity index (χ3n) is 5.36. The van der Waals surface area contributed by atoms with Gasteiger partial charge >= 0.3 is 5.97 Å². The van der Waals surface area contributed by atoms with Gasteiger partial charge in [0, 0.05) is 16.1 Å². The van der Waals surface area contributed by atoms with E-state index in [0.717, 1.165) is 10.8 Å². The maximum Gasteiger partial charge on any atom is 0.343 e. The summed E-state index contributed by atoms with van der Waals surface area (Å²) >= 11 is 5.90. The molecule has 2 N–H and O–H groups in total. The van der Waals surface area contributed by atoms with Gasteiger partial charge in [-0.2, -0.15) is 5.10 Å². The Morgan fingerprint density at radius 3 is 2.32 bits per heavy atom. The summed E-state index contributed by atoms with van der Waals surface area (Å²) in [5.41, 5.74) is 3.61. The smallest absolute Gasteiger partial charge is 0.343 e. The number of hydrogen-bond acceptors (Lipinski definition) is 6. The molecule has 0 saturated heterocycles. The summed E-state index contributed by atoms with van der Waals surface area (Å²) in [5.74, 6) is -0.614. The van der Waals surface area contributed by atoms with Crippen LogP contribution in [0.5, 0.6) is 11.5 Å². The SMILES string of the molecule is COc1ccc(C(=O)NCC(=O)N/N=C\c2c(OC(=O)c3ccc(Cl)cc3)ccc3ccccc23)cc1. The van der Waals surface area contributed by atoms with Crippen LogP contribution in [-0.2, 0) is 4.79 Å². The number of ether oxygens (including phenoxy) is 2. The molecule has 186 valence electrons. The zero-order valence-corrected chi connectivity index (χ0v) is 20.5. The van der Waals surface area contributed by atoms with Crippen molar-refractivity contribution in [2.24, 2.45) is 5.10 Å². The highest BCUT2D eigenvalue weighted by Gasteiger charge is 2.14. The van der Waals surface area contributed by atoms with Crippen LogP contribution in [0.2, 0.25) is 5.02 Å². The predicted molar refractivity (Wildman–Crippen MR) is 141 cm³/mol. The van der Waals surface area contributed by atoms with Crippen molar-refractivity contribution in [2.75, 3.05) is 13.7 Å². The summed E-state index contributed by atoms with van der Waals surface area (Å²) in [4.78, 5) is 37.2. The Bertz CT molecular complexity index is 1470. The van der Waals surface area contributed by atoms with Gasteiger partial charge in [0.25, 0.3) is 11.8 Å². The van der Waals surface area contributed by atoms with Gasteiger partial charge in [0.2, 0.25) is 0 Å². The second-order valence-corrected chi connectivity index (χ2v) is 8.24. The Labute approximate surface area is 217 Å². The molecule has 4 aromatic carbocycles. The van der Waals surface area contributed by atoms with Crippen molar-refractivity contribution in [1.82, 2.24) is 10.7 Å². The van der Waals surface area contributed by atoms with Crippen LogP contribution >= 0.6 is 11.6 Å². The van der Waals surface area contributed by atoms with Crippen molar-refractivity contribution < 1.29 is 23.9 Å². The molecule has 4 aromatic rings. The lowest BCUT2D eigenvalue weighted by Gasteiger charge is -2.11. The molecule has 0 unspecified atom stereocenters. The number of rotatable bonds is 8. The molecule has 0 aliphatic rings. The van der Waals surface area contributed by atoms with E-state index in [0.29, 0.717) is 27.5 Å². The lowest BCUT2D eigenvalue weighted by molar-refractivity contribution is -0.120. The molecule has 0 heterocycles. The summed E-state index contributed by atoms with van der Waals surface area (Å²) in [7, 11) is 1.53. The molecular weight excluding hydrogens is 494 g/mol. The minimum absolute atomic E-state index is 0.268. The third-order valence-corrected chi connectivity index (χ3v) is 5.61. The van der Waals surface area contributed by atoms with E-state index in [9.17, 15) is 14.4 Å². The molecule has 0 aliphatic heterocycles. The number of nitrogens with one attached hydrogen (secondary N) is 2. The maximum atomic E-state index is 12.7. The first kappa shape index (κ1) is 25.4. The van der Waals surface area contributed by atoms with Gasteiger partial charge < -0.3 is 14.8 Å². The van der Waals surface area contributed by atoms with Crippen LogP contribution in [0.15, 0.2) is 90.0 Å². The molecule has 0 bridgehead atoms. The Balaban J connectivity index is 1.44. The number of nitrogens with zero attached hydrogens (tertiary/aromatic N) is 1. The van der Waals surface area contributed by atoms with Gasteiger partial charge in [-0.1, -0.05) is 41.9 Å². The van der Waals surface area contributed by atoms with E-state index in [2.05, 4.69) is 15.8 Å². The van der Waals surface area contributed by atoms with Gasteiger partial charge in [0.1, 0.15) is 11.5 Å². The molecule has 0 atom stereocenters. The highest BCUT2D eigenvalue weighted by Crippen LogP contribution is 2.27. The Kier molecular flexibility index (Phi) is 8.12. The minimum Gasteiger partial charge on any atom is -0.497 e. The van der Waals surface area contributed by atoms with Crippen molar-refractivity contribution in [2.45, 2.75) is 0 Å². The average molecular weight is 516 g/mol. The fourth-order valence-electron chi connectivity index (χ4n) is 3.46. The second kappa shape index (κ2) is 11.8. The lowest BCUT2D eigenvalue weighted by atomic mass is 10.0. The normalized spacial score (nSPS) is 10.8. The fraction of sp³-hybridized carbons (Fsp3) is 0.0714. The first-order chi connectivity index (χ1) is 17.9. The molecule has 4 rings (SSSR count). The first-order valence-electron chi connectivity index (χ1n) is 11.2. The Hall–Kier alpha value is -4.69. The molecule has 0 spiro atoms. The number of carbonyl (C=O) groups is 3. The third kappa shape index (κ3) is 6.50. The molecule has 0 radical (unpaired) electrons. The average Bonchev–Trinajstić information content (AvgIpc) is 2.93. The summed E-state index contributed by atoms with van der Waals surface area (Å²) in [5, 5.41) is 8.72. The van der Waals surface area contributed by atoms with Crippen LogP contribution in [0.4, 0.5) is 0 Å². The van der Waals surface area contributed by atoms with E-state index < -0.39 is 17.8 Å². The number of amides is 2. The number of carbonyl (C=O) groups excluding carboxylic acids is 3. The minimum atomic E-state index is -0.563. The molecular formula is C28H22ClN3O5. The van der Waals surface area contributed by atoms with Crippen molar-refractivity contribution in [3.05, 3.63) is 107 Å². The quantitative estimate of drug-likeness (QED) is 0.154. The van der Waals surface area contributed by atoms with Gasteiger partial charge in [0.05, 0.1) is 25.4 Å². The Morgan fingerprint density at radius 1 is 0.892 bits per heavy atom. The van der Waals surface area contributed by atoms with Crippen molar-refractivity contribution in [1.29, 1.82) is 0 Å². The van der Waals surface area contributed by atoms with E-state index in [1.165, 1.54) is 13.3 Å². The van der Waals surface area contributed by atoms with Crippen LogP contribution in [0.25, 0.3) is 10.8 Å². The monoisotopic (exact) mass is 515 g/mol. The second-order valence-electron chi connectivity index (χ2n) is 7.80. The molecule has 0 fully saturated rings. The summed E-state index contributed by atoms with van der Waals surface area (Å²) in [6, 6.07) is 23.8. The van der Waals surface area contributed by atoms with Crippen LogP contribution in [-0.4, -0.2) is 37.7 Å². The van der Waals surface area contributed by atoms with E-state index >= 15 is 0 Å². The van der Waals surface area contributed by atoms with Gasteiger partial charge in [-0.15, -0.1) is 0 Å².